The lowest BCUT2D eigenvalue weighted by atomic mass is 9.78. The van der Waals surface area contributed by atoms with E-state index in [1.54, 1.807) is 48.5 Å². The van der Waals surface area contributed by atoms with Crippen molar-refractivity contribution in [2.45, 2.75) is 243 Å². The number of fused-ring (bicyclic) bond motifs is 2. The van der Waals surface area contributed by atoms with Crippen molar-refractivity contribution < 1.29 is 47.5 Å². The Kier molecular flexibility index (Phi) is 33.1. The number of nitrogens with one attached hydrogen (secondary N) is 7. The molecule has 7 N–H and O–H groups in total. The molecule has 28 heteroatoms. The van der Waals surface area contributed by atoms with Gasteiger partial charge in [0.1, 0.15) is 5.60 Å². The smallest absolute Gasteiger partial charge is 0.444 e. The molecule has 0 saturated carbocycles. The van der Waals surface area contributed by atoms with E-state index < -0.39 is 5.60 Å². The third-order valence-corrected chi connectivity index (χ3v) is 24.9. The number of benzene rings is 6. The van der Waals surface area contributed by atoms with Crippen molar-refractivity contribution in [3.05, 3.63) is 228 Å². The Morgan fingerprint density at radius 2 is 0.992 bits per heavy atom. The molecule has 26 nitrogen and oxygen atoms in total. The molecule has 5 aliphatic heterocycles. The van der Waals surface area contributed by atoms with Gasteiger partial charge in [0.2, 0.25) is 0 Å². The standard InChI is InChI=1S/C44H54N8O3.C32H37BrN6O3.C23H37BN2O4.CH4/c1-5-40-38(41(49-37-13-17-55-18-14-37)39-26-48-52(6-2)42(39)50-40)25-47-44(54)35-12-8-11-34(23-35)43(53)46-24-32-19-29(3)20-36(22-32)33-10-7-9-31(21-33)28-51-16-15-45-30(4)27-51;1-4-28-26(29(37-25-9-11-42-12-10-25)27-19-36-39(5-2)30(27)38-28)18-35-32(41)23-8-6-7-22(16-23)31(40)34-17-21-13-20(3)14-24(33)15-21;1-17-15-25(12-13-26(17)20(27)28-21(2,3)4)16-18-10-9-11-19(14-18)24-29-22(5,6)23(7,8)30-24;/h7-12,19-23,26,30,37,45H,5-6,13-18,24-25,27-28H2,1-4H3,(H,46,53)(H,47,54)(H,49,50);6-8,13-16,19,25H,4-5,9-12,17-18H2,1-3H3,(H,34,40)(H,35,41)(H,37,38);9-11,14,17H,12-13,15-16H2,1-8H3;1H4/t30-;;17-;/m0.0./s1. The van der Waals surface area contributed by atoms with Crippen LogP contribution in [0.4, 0.5) is 16.2 Å². The van der Waals surface area contributed by atoms with Crippen molar-refractivity contribution in [1.29, 1.82) is 0 Å². The van der Waals surface area contributed by atoms with E-state index >= 15 is 0 Å². The largest absolute Gasteiger partial charge is 0.494 e. The third-order valence-electron chi connectivity index (χ3n) is 24.5. The fraction of sp³-hybridized carbons (Fsp3) is 0.470. The van der Waals surface area contributed by atoms with Crippen LogP contribution in [0.3, 0.4) is 0 Å². The number of piperazine rings is 2. The zero-order valence-corrected chi connectivity index (χ0v) is 78.3. The molecular formula is C100H132BBrN16O10. The number of halogens is 1. The molecule has 5 aliphatic rings. The van der Waals surface area contributed by atoms with Crippen LogP contribution in [0.1, 0.15) is 220 Å². The number of ether oxygens (including phenoxy) is 3. The van der Waals surface area contributed by atoms with Gasteiger partial charge in [-0.2, -0.15) is 10.2 Å². The summed E-state index contributed by atoms with van der Waals surface area (Å²) < 4.78 is 33.9. The minimum Gasteiger partial charge on any atom is -0.444 e. The monoisotopic (exact) mass is 1810 g/mol. The van der Waals surface area contributed by atoms with E-state index in [0.29, 0.717) is 87.1 Å². The molecule has 5 amide bonds. The molecule has 5 fully saturated rings. The van der Waals surface area contributed by atoms with Gasteiger partial charge in [0.05, 0.1) is 45.7 Å². The molecule has 4 aromatic heterocycles. The number of rotatable bonds is 26. The molecule has 10 aromatic rings. The summed E-state index contributed by atoms with van der Waals surface area (Å²) >= 11 is 3.50. The average Bonchev–Trinajstić information content (AvgIpc) is 1.65. The van der Waals surface area contributed by atoms with Crippen LogP contribution in [-0.2, 0) is 88.7 Å². The highest BCUT2D eigenvalue weighted by Gasteiger charge is 2.52. The van der Waals surface area contributed by atoms with Crippen molar-refractivity contribution in [2.24, 2.45) is 0 Å². The highest BCUT2D eigenvalue weighted by Crippen LogP contribution is 2.38. The fourth-order valence-corrected chi connectivity index (χ4v) is 17.7. The van der Waals surface area contributed by atoms with Crippen LogP contribution in [0.15, 0.2) is 150 Å². The highest BCUT2D eigenvalue weighted by molar-refractivity contribution is 9.10. The van der Waals surface area contributed by atoms with Crippen LogP contribution in [0.2, 0.25) is 0 Å². The lowest BCUT2D eigenvalue weighted by Crippen LogP contribution is -2.54. The second kappa shape index (κ2) is 43.8. The van der Waals surface area contributed by atoms with Crippen molar-refractivity contribution >= 4 is 91.7 Å². The molecule has 128 heavy (non-hydrogen) atoms. The normalized spacial score (nSPS) is 17.3. The van der Waals surface area contributed by atoms with E-state index in [1.165, 1.54) is 16.7 Å². The fourth-order valence-electron chi connectivity index (χ4n) is 17.1. The summed E-state index contributed by atoms with van der Waals surface area (Å²) in [7, 11) is -0.349. The number of carbonyl (C=O) groups excluding carboxylic acids is 5. The second-order valence-corrected chi connectivity index (χ2v) is 37.0. The minimum atomic E-state index is -0.470. The van der Waals surface area contributed by atoms with E-state index in [9.17, 15) is 24.0 Å². The first-order valence-electron chi connectivity index (χ1n) is 45.2. The molecule has 0 radical (unpaired) electrons. The Bertz CT molecular complexity index is 5490. The van der Waals surface area contributed by atoms with Gasteiger partial charge in [-0.15, -0.1) is 0 Å². The van der Waals surface area contributed by atoms with Gasteiger partial charge in [-0.05, 0) is 234 Å². The molecule has 15 rings (SSSR count). The molecule has 0 unspecified atom stereocenters. The van der Waals surface area contributed by atoms with Gasteiger partial charge < -0.3 is 65.6 Å². The predicted octanol–water partition coefficient (Wildman–Crippen LogP) is 15.8. The van der Waals surface area contributed by atoms with Gasteiger partial charge in [-0.3, -0.25) is 29.0 Å². The first kappa shape index (κ1) is 96.7. The Hall–Kier alpha value is -10.4. The van der Waals surface area contributed by atoms with Crippen LogP contribution in [0.25, 0.3) is 33.2 Å². The third kappa shape index (κ3) is 25.0. The number of hydrogen-bond donors (Lipinski definition) is 7. The highest BCUT2D eigenvalue weighted by atomic mass is 79.9. The predicted molar refractivity (Wildman–Crippen MR) is 512 cm³/mol. The Morgan fingerprint density at radius 1 is 0.539 bits per heavy atom. The first-order valence-corrected chi connectivity index (χ1v) is 46.0. The minimum absolute atomic E-state index is 0. The summed E-state index contributed by atoms with van der Waals surface area (Å²) in [6.07, 6.45) is 8.56. The van der Waals surface area contributed by atoms with E-state index in [4.69, 9.17) is 33.5 Å². The molecule has 9 heterocycles. The quantitative estimate of drug-likeness (QED) is 0.0248. The summed E-state index contributed by atoms with van der Waals surface area (Å²) in [6, 6.07) is 44.5. The molecular weight excluding hydrogens is 1680 g/mol. The lowest BCUT2D eigenvalue weighted by molar-refractivity contribution is 0.000506. The van der Waals surface area contributed by atoms with E-state index in [1.807, 2.05) is 72.6 Å². The van der Waals surface area contributed by atoms with Gasteiger partial charge in [0.15, 0.2) is 11.3 Å². The van der Waals surface area contributed by atoms with Crippen LogP contribution >= 0.6 is 15.9 Å². The molecule has 5 saturated heterocycles. The van der Waals surface area contributed by atoms with Crippen LogP contribution in [0.5, 0.6) is 0 Å². The number of carbonyl (C=O) groups is 5. The van der Waals surface area contributed by atoms with Crippen molar-refractivity contribution in [2.75, 3.05) is 76.3 Å². The maximum absolute atomic E-state index is 13.6. The summed E-state index contributed by atoms with van der Waals surface area (Å²) in [5.41, 5.74) is 18.0. The zero-order chi connectivity index (χ0) is 90.3. The summed E-state index contributed by atoms with van der Waals surface area (Å²) in [6.45, 7) is 43.5. The average molecular weight is 1810 g/mol. The van der Waals surface area contributed by atoms with Gasteiger partial charge in [-0.25, -0.2) is 24.1 Å². The summed E-state index contributed by atoms with van der Waals surface area (Å²) in [5, 5.41) is 34.3. The van der Waals surface area contributed by atoms with Crippen LogP contribution in [-0.4, -0.2) is 188 Å². The van der Waals surface area contributed by atoms with Gasteiger partial charge in [-0.1, -0.05) is 116 Å². The maximum atomic E-state index is 13.6. The van der Waals surface area contributed by atoms with Gasteiger partial charge in [0.25, 0.3) is 23.6 Å². The second-order valence-electron chi connectivity index (χ2n) is 36.1. The Morgan fingerprint density at radius 3 is 1.46 bits per heavy atom. The number of hydrogen-bond acceptors (Lipinski definition) is 19. The first-order chi connectivity index (χ1) is 60.9. The summed E-state index contributed by atoms with van der Waals surface area (Å²) in [4.78, 5) is 82.5. The number of nitrogens with zero attached hydrogens (tertiary/aromatic N) is 9. The van der Waals surface area contributed by atoms with E-state index in [0.717, 1.165) is 185 Å². The van der Waals surface area contributed by atoms with Gasteiger partial charge >= 0.3 is 13.2 Å². The molecule has 0 bridgehead atoms. The Balaban J connectivity index is 0.000000181. The lowest BCUT2D eigenvalue weighted by Gasteiger charge is -2.40. The molecule has 2 atom stereocenters. The number of anilines is 2. The number of pyridine rings is 2. The van der Waals surface area contributed by atoms with E-state index in [-0.39, 0.29) is 80.1 Å². The zero-order valence-electron chi connectivity index (χ0n) is 76.7. The van der Waals surface area contributed by atoms with E-state index in [2.05, 4.69) is 216 Å². The SMILES string of the molecule is C.CCc1nc2c(cnn2CC)c(NC2CCOCC2)c1CNC(=O)c1cccc(C(=O)NCc2cc(C)cc(-c3cccc(CN4CCN[C@@H](C)C4)c3)c2)c1.CCc1nc2c(cnn2CC)c(NC2CCOCC2)c1CNC(=O)c1cccc(C(=O)NCc2cc(C)cc(Br)c2)c1.C[C@H]1CN(Cc2cccc(B3OC(C)(C)C(C)(C)O3)c2)CCN1C(=O)OC(C)(C)C. The Labute approximate surface area is 764 Å². The van der Waals surface area contributed by atoms with Crippen LogP contribution in [0, 0.1) is 13.8 Å². The maximum Gasteiger partial charge on any atom is 0.494 e. The molecule has 682 valence electrons. The number of aromatic nitrogens is 6. The summed E-state index contributed by atoms with van der Waals surface area (Å²) in [5.74, 6) is -0.976. The number of aryl methyl sites for hydroxylation is 6. The van der Waals surface area contributed by atoms with Crippen molar-refractivity contribution in [3.63, 3.8) is 0 Å². The topological polar surface area (TPSA) is 287 Å². The van der Waals surface area contributed by atoms with Crippen molar-refractivity contribution in [1.82, 2.24) is 70.8 Å². The number of amides is 5. The molecule has 0 aliphatic carbocycles. The molecule has 0 spiro atoms. The van der Waals surface area contributed by atoms with Gasteiger partial charge in [0, 0.05) is 191 Å². The van der Waals surface area contributed by atoms with Crippen LogP contribution < -0.4 is 42.7 Å². The van der Waals surface area contributed by atoms with Crippen molar-refractivity contribution in [3.8, 4) is 11.1 Å². The molecule has 6 aromatic carbocycles.